The van der Waals surface area contributed by atoms with Crippen LogP contribution in [-0.4, -0.2) is 26.0 Å². The Kier molecular flexibility index (Phi) is 5.78. The van der Waals surface area contributed by atoms with E-state index in [2.05, 4.69) is 50.4 Å². The van der Waals surface area contributed by atoms with E-state index in [1.165, 1.54) is 50.5 Å². The monoisotopic (exact) mass is 463 g/mol. The first kappa shape index (κ1) is 23.3. The van der Waals surface area contributed by atoms with Crippen LogP contribution in [-0.2, 0) is 16.0 Å². The molecule has 1 saturated heterocycles. The normalized spacial score (nSPS) is 38.4. The number of nitrogens with one attached hydrogen (secondary N) is 1. The zero-order chi connectivity index (χ0) is 23.6. The molecule has 0 aromatic heterocycles. The van der Waals surface area contributed by atoms with Gasteiger partial charge in [0.2, 0.25) is 0 Å². The molecule has 3 heteroatoms. The lowest BCUT2D eigenvalue weighted by Crippen LogP contribution is -2.51. The highest BCUT2D eigenvalue weighted by Gasteiger charge is 2.54. The maximum Gasteiger partial charge on any atom is 0.169 e. The van der Waals surface area contributed by atoms with Crippen molar-refractivity contribution in [1.29, 1.82) is 0 Å². The first-order chi connectivity index (χ1) is 16.3. The summed E-state index contributed by atoms with van der Waals surface area (Å²) in [5, 5.41) is 3.30. The Hall–Kier alpha value is -1.16. The van der Waals surface area contributed by atoms with Crippen LogP contribution in [0.25, 0.3) is 0 Å². The van der Waals surface area contributed by atoms with Gasteiger partial charge in [-0.25, -0.2) is 0 Å². The topological polar surface area (TPSA) is 30.5 Å². The van der Waals surface area contributed by atoms with Gasteiger partial charge in [0.15, 0.2) is 5.79 Å². The highest BCUT2D eigenvalue weighted by atomic mass is 16.7. The van der Waals surface area contributed by atoms with E-state index in [0.717, 1.165) is 44.4 Å². The predicted molar refractivity (Wildman–Crippen MR) is 138 cm³/mol. The van der Waals surface area contributed by atoms with Crippen LogP contribution in [0.2, 0.25) is 0 Å². The number of hydrogen-bond donors (Lipinski definition) is 1. The standard InChI is InChI=1S/C31H45NO2/c1-29(2)19-33-31(34-20-29)15-13-24-23(16-31)11-12-25-27-6-5-14-30(27,3)17-26(28(24)25)22-9-7-21(8-10-22)18-32-4/h7-10,23,25-27,32H,5-6,11-20H2,1-4H3. The van der Waals surface area contributed by atoms with Gasteiger partial charge in [-0.05, 0) is 79.9 Å². The van der Waals surface area contributed by atoms with Crippen molar-refractivity contribution in [2.45, 2.75) is 96.8 Å². The minimum Gasteiger partial charge on any atom is -0.349 e. The average molecular weight is 464 g/mol. The van der Waals surface area contributed by atoms with Crippen molar-refractivity contribution in [3.05, 3.63) is 46.5 Å². The predicted octanol–water partition coefficient (Wildman–Crippen LogP) is 6.98. The molecule has 1 heterocycles. The van der Waals surface area contributed by atoms with Gasteiger partial charge in [0.1, 0.15) is 0 Å². The molecule has 1 aromatic carbocycles. The minimum atomic E-state index is -0.322. The summed E-state index contributed by atoms with van der Waals surface area (Å²) >= 11 is 0. The molecular formula is C31H45NO2. The van der Waals surface area contributed by atoms with Gasteiger partial charge in [-0.15, -0.1) is 0 Å². The Morgan fingerprint density at radius 1 is 0.941 bits per heavy atom. The lowest BCUT2D eigenvalue weighted by molar-refractivity contribution is -0.312. The molecule has 1 N–H and O–H groups in total. The Balaban J connectivity index is 1.35. The molecule has 5 atom stereocenters. The molecule has 5 unspecified atom stereocenters. The number of allylic oxidation sites excluding steroid dienone is 2. The third kappa shape index (κ3) is 3.91. The second-order valence-corrected chi connectivity index (χ2v) is 13.4. The highest BCUT2D eigenvalue weighted by Crippen LogP contribution is 2.64. The van der Waals surface area contributed by atoms with E-state index < -0.39 is 0 Å². The molecule has 34 heavy (non-hydrogen) atoms. The van der Waals surface area contributed by atoms with E-state index in [4.69, 9.17) is 9.47 Å². The molecule has 4 aliphatic carbocycles. The first-order valence-electron chi connectivity index (χ1n) is 14.1. The van der Waals surface area contributed by atoms with Gasteiger partial charge in [0.05, 0.1) is 13.2 Å². The SMILES string of the molecule is CNCc1ccc(C2CC3(C)CCCC3C3CCC4CC5(CCC4=C23)OCC(C)(C)CO5)cc1. The second kappa shape index (κ2) is 8.46. The summed E-state index contributed by atoms with van der Waals surface area (Å²) in [4.78, 5) is 0. The molecule has 1 aliphatic heterocycles. The summed E-state index contributed by atoms with van der Waals surface area (Å²) in [5.74, 6) is 2.63. The molecule has 0 bridgehead atoms. The van der Waals surface area contributed by atoms with Gasteiger partial charge < -0.3 is 14.8 Å². The Bertz CT molecular complexity index is 937. The smallest absolute Gasteiger partial charge is 0.169 e. The lowest BCUT2D eigenvalue weighted by Gasteiger charge is -2.54. The fourth-order valence-corrected chi connectivity index (χ4v) is 8.61. The van der Waals surface area contributed by atoms with Gasteiger partial charge >= 0.3 is 0 Å². The van der Waals surface area contributed by atoms with E-state index in [0.29, 0.717) is 17.3 Å². The number of ether oxygens (including phenoxy) is 2. The van der Waals surface area contributed by atoms with Gasteiger partial charge in [-0.3, -0.25) is 0 Å². The van der Waals surface area contributed by atoms with Gasteiger partial charge in [-0.1, -0.05) is 62.6 Å². The molecular weight excluding hydrogens is 418 g/mol. The van der Waals surface area contributed by atoms with E-state index in [9.17, 15) is 0 Å². The number of fused-ring (bicyclic) bond motifs is 4. The molecule has 1 spiro atoms. The molecule has 3 saturated carbocycles. The number of rotatable bonds is 3. The van der Waals surface area contributed by atoms with Crippen LogP contribution in [0.5, 0.6) is 0 Å². The van der Waals surface area contributed by atoms with Crippen LogP contribution in [0, 0.1) is 28.6 Å². The maximum atomic E-state index is 6.49. The second-order valence-electron chi connectivity index (χ2n) is 13.4. The minimum absolute atomic E-state index is 0.141. The average Bonchev–Trinajstić information content (AvgIpc) is 3.23. The van der Waals surface area contributed by atoms with Crippen LogP contribution in [0.15, 0.2) is 35.4 Å². The van der Waals surface area contributed by atoms with Crippen LogP contribution < -0.4 is 5.32 Å². The summed E-state index contributed by atoms with van der Waals surface area (Å²) in [7, 11) is 2.03. The van der Waals surface area contributed by atoms with Crippen molar-refractivity contribution >= 4 is 0 Å². The van der Waals surface area contributed by atoms with Gasteiger partial charge in [0.25, 0.3) is 0 Å². The van der Waals surface area contributed by atoms with E-state index in [1.54, 1.807) is 5.56 Å². The van der Waals surface area contributed by atoms with Crippen LogP contribution >= 0.6 is 0 Å². The quantitative estimate of drug-likeness (QED) is 0.491. The summed E-state index contributed by atoms with van der Waals surface area (Å²) in [5.41, 5.74) is 7.30. The Labute approximate surface area is 207 Å². The Morgan fingerprint density at radius 3 is 2.44 bits per heavy atom. The third-order valence-corrected chi connectivity index (χ3v) is 10.3. The Morgan fingerprint density at radius 2 is 1.71 bits per heavy atom. The number of benzene rings is 1. The molecule has 6 rings (SSSR count). The molecule has 4 fully saturated rings. The highest BCUT2D eigenvalue weighted by molar-refractivity contribution is 5.41. The van der Waals surface area contributed by atoms with Crippen LogP contribution in [0.4, 0.5) is 0 Å². The first-order valence-corrected chi connectivity index (χ1v) is 14.1. The van der Waals surface area contributed by atoms with Crippen molar-refractivity contribution < 1.29 is 9.47 Å². The molecule has 186 valence electrons. The number of hydrogen-bond acceptors (Lipinski definition) is 3. The van der Waals surface area contributed by atoms with Crippen molar-refractivity contribution in [3.8, 4) is 0 Å². The zero-order valence-electron chi connectivity index (χ0n) is 21.9. The summed E-state index contributed by atoms with van der Waals surface area (Å²) < 4.78 is 13.0. The third-order valence-electron chi connectivity index (χ3n) is 10.3. The van der Waals surface area contributed by atoms with Crippen LogP contribution in [0.1, 0.15) is 95.6 Å². The zero-order valence-corrected chi connectivity index (χ0v) is 21.9. The van der Waals surface area contributed by atoms with Gasteiger partial charge in [0, 0.05) is 30.7 Å². The van der Waals surface area contributed by atoms with Crippen molar-refractivity contribution in [1.82, 2.24) is 5.32 Å². The summed E-state index contributed by atoms with van der Waals surface area (Å²) in [6.45, 7) is 9.75. The van der Waals surface area contributed by atoms with Crippen LogP contribution in [0.3, 0.4) is 0 Å². The van der Waals surface area contributed by atoms with Crippen molar-refractivity contribution in [3.63, 3.8) is 0 Å². The van der Waals surface area contributed by atoms with E-state index in [-0.39, 0.29) is 11.2 Å². The maximum absolute atomic E-state index is 6.49. The molecule has 0 amide bonds. The fraction of sp³-hybridized carbons (Fsp3) is 0.742. The lowest BCUT2D eigenvalue weighted by atomic mass is 9.52. The van der Waals surface area contributed by atoms with Crippen molar-refractivity contribution in [2.24, 2.45) is 28.6 Å². The van der Waals surface area contributed by atoms with E-state index >= 15 is 0 Å². The molecule has 0 radical (unpaired) electrons. The largest absolute Gasteiger partial charge is 0.349 e. The van der Waals surface area contributed by atoms with Crippen molar-refractivity contribution in [2.75, 3.05) is 20.3 Å². The fourth-order valence-electron chi connectivity index (χ4n) is 8.61. The van der Waals surface area contributed by atoms with Gasteiger partial charge in [-0.2, -0.15) is 0 Å². The van der Waals surface area contributed by atoms with E-state index in [1.807, 2.05) is 18.2 Å². The summed E-state index contributed by atoms with van der Waals surface area (Å²) in [6, 6.07) is 9.61. The molecule has 3 nitrogen and oxygen atoms in total. The summed E-state index contributed by atoms with van der Waals surface area (Å²) in [6.07, 6.45) is 11.6. The molecule has 1 aromatic rings. The molecule has 5 aliphatic rings.